The molecule has 2 saturated heterocycles. The first-order valence-corrected chi connectivity index (χ1v) is 7.42. The van der Waals surface area contributed by atoms with E-state index < -0.39 is 0 Å². The minimum atomic E-state index is 0.623. The molecule has 1 unspecified atom stereocenters. The van der Waals surface area contributed by atoms with Crippen molar-refractivity contribution in [2.24, 2.45) is 5.92 Å². The zero-order valence-corrected chi connectivity index (χ0v) is 11.6. The maximum atomic E-state index is 3.51. The second-order valence-corrected chi connectivity index (χ2v) is 6.07. The summed E-state index contributed by atoms with van der Waals surface area (Å²) in [5.41, 5.74) is 0. The Morgan fingerprint density at radius 2 is 1.88 bits per heavy atom. The van der Waals surface area contributed by atoms with Crippen molar-refractivity contribution in [1.29, 1.82) is 0 Å². The molecule has 2 aliphatic heterocycles. The van der Waals surface area contributed by atoms with Crippen LogP contribution in [0.15, 0.2) is 0 Å². The number of hydrogen-bond acceptors (Lipinski definition) is 3. The van der Waals surface area contributed by atoms with Crippen LogP contribution in [0, 0.1) is 5.92 Å². The van der Waals surface area contributed by atoms with Gasteiger partial charge in [-0.25, -0.2) is 0 Å². The van der Waals surface area contributed by atoms with Crippen molar-refractivity contribution in [2.75, 3.05) is 45.8 Å². The smallest absolute Gasteiger partial charge is 0.0107 e. The lowest BCUT2D eigenvalue weighted by atomic mass is 10.1. The van der Waals surface area contributed by atoms with Crippen LogP contribution in [-0.4, -0.2) is 61.7 Å². The highest BCUT2D eigenvalue weighted by molar-refractivity contribution is 4.80. The minimum absolute atomic E-state index is 0.623. The van der Waals surface area contributed by atoms with Gasteiger partial charge in [0, 0.05) is 32.2 Å². The van der Waals surface area contributed by atoms with Crippen molar-refractivity contribution in [1.82, 2.24) is 15.1 Å². The summed E-state index contributed by atoms with van der Waals surface area (Å²) < 4.78 is 0. The zero-order valence-electron chi connectivity index (χ0n) is 11.6. The van der Waals surface area contributed by atoms with E-state index in [4.69, 9.17) is 0 Å². The molecule has 0 aliphatic carbocycles. The average molecular weight is 239 g/mol. The van der Waals surface area contributed by atoms with Gasteiger partial charge in [0.2, 0.25) is 0 Å². The fourth-order valence-corrected chi connectivity index (χ4v) is 3.11. The molecule has 0 bridgehead atoms. The van der Waals surface area contributed by atoms with E-state index in [0.717, 1.165) is 12.5 Å². The lowest BCUT2D eigenvalue weighted by Crippen LogP contribution is -2.34. The SMILES string of the molecule is CC(C)NCCN1CCC(CN2CCCC2)C1. The molecule has 0 radical (unpaired) electrons. The van der Waals surface area contributed by atoms with Gasteiger partial charge in [0.15, 0.2) is 0 Å². The molecule has 0 spiro atoms. The van der Waals surface area contributed by atoms with Crippen molar-refractivity contribution in [3.63, 3.8) is 0 Å². The fourth-order valence-electron chi connectivity index (χ4n) is 3.11. The van der Waals surface area contributed by atoms with E-state index in [1.807, 2.05) is 0 Å². The van der Waals surface area contributed by atoms with Crippen molar-refractivity contribution >= 4 is 0 Å². The zero-order chi connectivity index (χ0) is 12.1. The van der Waals surface area contributed by atoms with Gasteiger partial charge in [-0.05, 0) is 44.8 Å². The predicted octanol–water partition coefficient (Wildman–Crippen LogP) is 1.40. The summed E-state index contributed by atoms with van der Waals surface area (Å²) in [6, 6.07) is 0.623. The number of nitrogens with one attached hydrogen (secondary N) is 1. The van der Waals surface area contributed by atoms with Gasteiger partial charge in [-0.3, -0.25) is 0 Å². The highest BCUT2D eigenvalue weighted by atomic mass is 15.2. The van der Waals surface area contributed by atoms with Gasteiger partial charge in [0.05, 0.1) is 0 Å². The molecule has 2 fully saturated rings. The van der Waals surface area contributed by atoms with Gasteiger partial charge in [-0.15, -0.1) is 0 Å². The molecule has 1 atom stereocenters. The Hall–Kier alpha value is -0.120. The summed E-state index contributed by atoms with van der Waals surface area (Å²) in [5, 5.41) is 3.51. The largest absolute Gasteiger partial charge is 0.313 e. The quantitative estimate of drug-likeness (QED) is 0.756. The molecule has 2 heterocycles. The normalized spacial score (nSPS) is 27.4. The van der Waals surface area contributed by atoms with E-state index in [2.05, 4.69) is 29.0 Å². The molecule has 1 N–H and O–H groups in total. The predicted molar refractivity (Wildman–Crippen MR) is 73.4 cm³/mol. The van der Waals surface area contributed by atoms with Crippen molar-refractivity contribution in [3.8, 4) is 0 Å². The Balaban J connectivity index is 1.58. The van der Waals surface area contributed by atoms with E-state index in [-0.39, 0.29) is 0 Å². The summed E-state index contributed by atoms with van der Waals surface area (Å²) in [5.74, 6) is 0.937. The molecule has 100 valence electrons. The third-order valence-electron chi connectivity index (χ3n) is 4.07. The van der Waals surface area contributed by atoms with Crippen LogP contribution in [0.3, 0.4) is 0 Å². The lowest BCUT2D eigenvalue weighted by molar-refractivity contribution is 0.262. The Labute approximate surface area is 107 Å². The second kappa shape index (κ2) is 6.72. The average Bonchev–Trinajstić information content (AvgIpc) is 2.90. The topological polar surface area (TPSA) is 18.5 Å². The molecule has 0 aromatic rings. The van der Waals surface area contributed by atoms with Crippen molar-refractivity contribution < 1.29 is 0 Å². The Kier molecular flexibility index (Phi) is 5.26. The first-order valence-electron chi connectivity index (χ1n) is 7.42. The van der Waals surface area contributed by atoms with Gasteiger partial charge in [-0.2, -0.15) is 0 Å². The summed E-state index contributed by atoms with van der Waals surface area (Å²) >= 11 is 0. The summed E-state index contributed by atoms with van der Waals surface area (Å²) in [6.45, 7) is 13.5. The van der Waals surface area contributed by atoms with E-state index in [9.17, 15) is 0 Å². The first-order chi connectivity index (χ1) is 8.24. The van der Waals surface area contributed by atoms with Crippen LogP contribution in [0.2, 0.25) is 0 Å². The maximum absolute atomic E-state index is 3.51. The molecule has 0 saturated carbocycles. The molecule has 2 rings (SSSR count). The van der Waals surface area contributed by atoms with E-state index in [0.29, 0.717) is 6.04 Å². The molecule has 2 aliphatic rings. The Morgan fingerprint density at radius 3 is 2.59 bits per heavy atom. The Bertz CT molecular complexity index is 212. The summed E-state index contributed by atoms with van der Waals surface area (Å²) in [4.78, 5) is 5.30. The first kappa shape index (κ1) is 13.3. The standard InChI is InChI=1S/C14H29N3/c1-13(2)15-6-10-17-9-5-14(12-17)11-16-7-3-4-8-16/h13-15H,3-12H2,1-2H3. The molecular weight excluding hydrogens is 210 g/mol. The van der Waals surface area contributed by atoms with Gasteiger partial charge in [0.25, 0.3) is 0 Å². The maximum Gasteiger partial charge on any atom is 0.0107 e. The van der Waals surface area contributed by atoms with Gasteiger partial charge >= 0.3 is 0 Å². The van der Waals surface area contributed by atoms with Crippen LogP contribution in [0.4, 0.5) is 0 Å². The van der Waals surface area contributed by atoms with E-state index in [1.54, 1.807) is 0 Å². The van der Waals surface area contributed by atoms with Crippen molar-refractivity contribution in [2.45, 2.75) is 39.2 Å². The van der Waals surface area contributed by atoms with Gasteiger partial charge in [-0.1, -0.05) is 13.8 Å². The fraction of sp³-hybridized carbons (Fsp3) is 1.00. The molecule has 17 heavy (non-hydrogen) atoms. The molecule has 0 aromatic heterocycles. The second-order valence-electron chi connectivity index (χ2n) is 6.07. The number of nitrogens with zero attached hydrogens (tertiary/aromatic N) is 2. The van der Waals surface area contributed by atoms with E-state index >= 15 is 0 Å². The van der Waals surface area contributed by atoms with Crippen LogP contribution >= 0.6 is 0 Å². The van der Waals surface area contributed by atoms with E-state index in [1.165, 1.54) is 58.5 Å². The Morgan fingerprint density at radius 1 is 1.12 bits per heavy atom. The van der Waals surface area contributed by atoms with Gasteiger partial charge in [0.1, 0.15) is 0 Å². The third-order valence-corrected chi connectivity index (χ3v) is 4.07. The number of rotatable bonds is 6. The summed E-state index contributed by atoms with van der Waals surface area (Å²) in [7, 11) is 0. The van der Waals surface area contributed by atoms with Crippen LogP contribution in [0.25, 0.3) is 0 Å². The third kappa shape index (κ3) is 4.57. The molecular formula is C14H29N3. The van der Waals surface area contributed by atoms with Crippen LogP contribution in [0.5, 0.6) is 0 Å². The monoisotopic (exact) mass is 239 g/mol. The van der Waals surface area contributed by atoms with Gasteiger partial charge < -0.3 is 15.1 Å². The number of likely N-dealkylation sites (tertiary alicyclic amines) is 2. The van der Waals surface area contributed by atoms with Crippen molar-refractivity contribution in [3.05, 3.63) is 0 Å². The van der Waals surface area contributed by atoms with Crippen LogP contribution < -0.4 is 5.32 Å². The molecule has 0 aromatic carbocycles. The minimum Gasteiger partial charge on any atom is -0.313 e. The van der Waals surface area contributed by atoms with Crippen LogP contribution in [0.1, 0.15) is 33.1 Å². The summed E-state index contributed by atoms with van der Waals surface area (Å²) in [6.07, 6.45) is 4.27. The highest BCUT2D eigenvalue weighted by Gasteiger charge is 2.24. The number of hydrogen-bond donors (Lipinski definition) is 1. The molecule has 0 amide bonds. The lowest BCUT2D eigenvalue weighted by Gasteiger charge is -2.21. The highest BCUT2D eigenvalue weighted by Crippen LogP contribution is 2.19. The molecule has 3 heteroatoms. The molecule has 3 nitrogen and oxygen atoms in total. The van der Waals surface area contributed by atoms with Crippen LogP contribution in [-0.2, 0) is 0 Å².